The van der Waals surface area contributed by atoms with E-state index in [2.05, 4.69) is 10.6 Å². The lowest BCUT2D eigenvalue weighted by Crippen LogP contribution is -2.43. The van der Waals surface area contributed by atoms with Crippen LogP contribution in [0, 0.1) is 5.82 Å². The van der Waals surface area contributed by atoms with Crippen LogP contribution in [0.15, 0.2) is 18.2 Å². The highest BCUT2D eigenvalue weighted by atomic mass is 19.1. The highest BCUT2D eigenvalue weighted by Crippen LogP contribution is 2.27. The monoisotopic (exact) mass is 354 g/mol. The molecule has 7 nitrogen and oxygen atoms in total. The van der Waals surface area contributed by atoms with Crippen molar-refractivity contribution in [2.24, 2.45) is 0 Å². The standard InChI is InChI=1S/C16H20F2N4O3/c1-10(17)15(23)20-14-9-22(16(24)25-14)11-2-3-13(12(18)8-11)21-6-4-19-5-7-21/h2-3,8,10,14,19H,4-7,9H2,1H3,(H,20,23). The Hall–Kier alpha value is -2.42. The van der Waals surface area contributed by atoms with Crippen LogP contribution in [-0.4, -0.2) is 57.1 Å². The smallest absolute Gasteiger partial charge is 0.416 e. The van der Waals surface area contributed by atoms with Gasteiger partial charge in [-0.3, -0.25) is 9.69 Å². The molecule has 2 heterocycles. The number of hydrogen-bond donors (Lipinski definition) is 2. The van der Waals surface area contributed by atoms with E-state index < -0.39 is 30.2 Å². The highest BCUT2D eigenvalue weighted by Gasteiger charge is 2.34. The molecule has 0 aliphatic carbocycles. The lowest BCUT2D eigenvalue weighted by atomic mass is 10.2. The zero-order valence-electron chi connectivity index (χ0n) is 13.8. The topological polar surface area (TPSA) is 73.9 Å². The van der Waals surface area contributed by atoms with E-state index >= 15 is 0 Å². The molecule has 2 unspecified atom stereocenters. The quantitative estimate of drug-likeness (QED) is 0.844. The van der Waals surface area contributed by atoms with Gasteiger partial charge >= 0.3 is 6.09 Å². The van der Waals surface area contributed by atoms with Crippen LogP contribution in [0.5, 0.6) is 0 Å². The molecule has 0 aromatic heterocycles. The summed E-state index contributed by atoms with van der Waals surface area (Å²) in [5.41, 5.74) is 0.806. The van der Waals surface area contributed by atoms with Crippen LogP contribution in [0.3, 0.4) is 0 Å². The second-order valence-corrected chi connectivity index (χ2v) is 5.98. The molecule has 25 heavy (non-hydrogen) atoms. The van der Waals surface area contributed by atoms with Crippen molar-refractivity contribution in [3.63, 3.8) is 0 Å². The summed E-state index contributed by atoms with van der Waals surface area (Å²) in [4.78, 5) is 26.4. The number of halogens is 2. The third kappa shape index (κ3) is 3.81. The summed E-state index contributed by atoms with van der Waals surface area (Å²) in [6.45, 7) is 4.06. The lowest BCUT2D eigenvalue weighted by molar-refractivity contribution is -0.127. The number of hydrogen-bond acceptors (Lipinski definition) is 5. The van der Waals surface area contributed by atoms with Crippen LogP contribution in [-0.2, 0) is 9.53 Å². The Morgan fingerprint density at radius 3 is 2.76 bits per heavy atom. The molecule has 2 atom stereocenters. The average molecular weight is 354 g/mol. The Bertz CT molecular complexity index is 665. The normalized spacial score (nSPS) is 21.9. The summed E-state index contributed by atoms with van der Waals surface area (Å²) in [5.74, 6) is -1.29. The molecule has 2 N–H and O–H groups in total. The van der Waals surface area contributed by atoms with Crippen LogP contribution >= 0.6 is 0 Å². The van der Waals surface area contributed by atoms with Crippen molar-refractivity contribution in [1.29, 1.82) is 0 Å². The molecule has 3 rings (SSSR count). The van der Waals surface area contributed by atoms with E-state index in [0.29, 0.717) is 24.5 Å². The van der Waals surface area contributed by atoms with Gasteiger partial charge < -0.3 is 20.3 Å². The zero-order valence-corrected chi connectivity index (χ0v) is 13.8. The van der Waals surface area contributed by atoms with E-state index in [1.807, 2.05) is 4.90 Å². The van der Waals surface area contributed by atoms with Gasteiger partial charge in [0.1, 0.15) is 5.82 Å². The van der Waals surface area contributed by atoms with E-state index in [1.165, 1.54) is 11.0 Å². The summed E-state index contributed by atoms with van der Waals surface area (Å²) in [6, 6.07) is 4.52. The minimum atomic E-state index is -1.71. The number of nitrogens with zero attached hydrogens (tertiary/aromatic N) is 2. The van der Waals surface area contributed by atoms with Crippen molar-refractivity contribution < 1.29 is 23.1 Å². The average Bonchev–Trinajstić information content (AvgIpc) is 2.95. The number of alkyl halides is 1. The third-order valence-electron chi connectivity index (χ3n) is 4.18. The Morgan fingerprint density at radius 2 is 2.12 bits per heavy atom. The van der Waals surface area contributed by atoms with Gasteiger partial charge in [-0.1, -0.05) is 0 Å². The van der Waals surface area contributed by atoms with Gasteiger partial charge in [0, 0.05) is 26.2 Å². The molecule has 0 spiro atoms. The summed E-state index contributed by atoms with van der Waals surface area (Å²) in [7, 11) is 0. The van der Waals surface area contributed by atoms with Crippen molar-refractivity contribution >= 4 is 23.4 Å². The van der Waals surface area contributed by atoms with Gasteiger partial charge in [-0.05, 0) is 25.1 Å². The van der Waals surface area contributed by atoms with Gasteiger partial charge in [0.05, 0.1) is 17.9 Å². The van der Waals surface area contributed by atoms with Gasteiger partial charge in [0.25, 0.3) is 5.91 Å². The Morgan fingerprint density at radius 1 is 1.40 bits per heavy atom. The maximum atomic E-state index is 14.5. The van der Waals surface area contributed by atoms with E-state index in [9.17, 15) is 18.4 Å². The molecule has 0 saturated carbocycles. The number of amides is 2. The van der Waals surface area contributed by atoms with Crippen molar-refractivity contribution in [1.82, 2.24) is 10.6 Å². The van der Waals surface area contributed by atoms with Crippen LogP contribution in [0.25, 0.3) is 0 Å². The Labute approximate surface area is 143 Å². The lowest BCUT2D eigenvalue weighted by Gasteiger charge is -2.30. The third-order valence-corrected chi connectivity index (χ3v) is 4.18. The molecular formula is C16H20F2N4O3. The molecule has 2 amide bonds. The summed E-state index contributed by atoms with van der Waals surface area (Å²) in [6.07, 6.45) is -3.39. The summed E-state index contributed by atoms with van der Waals surface area (Å²) < 4.78 is 32.4. The maximum absolute atomic E-state index is 14.5. The summed E-state index contributed by atoms with van der Waals surface area (Å²) >= 11 is 0. The number of carbonyl (C=O) groups excluding carboxylic acids is 2. The van der Waals surface area contributed by atoms with Crippen LogP contribution in [0.4, 0.5) is 25.0 Å². The van der Waals surface area contributed by atoms with Crippen molar-refractivity contribution in [2.45, 2.75) is 19.3 Å². The van der Waals surface area contributed by atoms with Crippen molar-refractivity contribution in [3.05, 3.63) is 24.0 Å². The number of piperazine rings is 1. The fourth-order valence-electron chi connectivity index (χ4n) is 2.85. The zero-order chi connectivity index (χ0) is 18.0. The first-order valence-corrected chi connectivity index (χ1v) is 8.13. The first-order chi connectivity index (χ1) is 12.0. The van der Waals surface area contributed by atoms with Gasteiger partial charge in [-0.25, -0.2) is 13.6 Å². The predicted molar refractivity (Wildman–Crippen MR) is 87.8 cm³/mol. The molecule has 2 aliphatic rings. The van der Waals surface area contributed by atoms with E-state index in [1.54, 1.807) is 12.1 Å². The SMILES string of the molecule is CC(F)C(=O)NC1CN(c2ccc(N3CCNCC3)c(F)c2)C(=O)O1. The molecule has 136 valence electrons. The number of nitrogens with one attached hydrogen (secondary N) is 2. The Kier molecular flexibility index (Phi) is 5.03. The largest absolute Gasteiger partial charge is 0.423 e. The molecule has 2 saturated heterocycles. The van der Waals surface area contributed by atoms with Gasteiger partial charge in [0.2, 0.25) is 0 Å². The number of ether oxygens (including phenoxy) is 1. The molecule has 0 radical (unpaired) electrons. The van der Waals surface area contributed by atoms with Crippen LogP contribution < -0.4 is 20.4 Å². The molecule has 2 aliphatic heterocycles. The fourth-order valence-corrected chi connectivity index (χ4v) is 2.85. The highest BCUT2D eigenvalue weighted by molar-refractivity contribution is 5.91. The minimum absolute atomic E-state index is 0.0102. The number of carbonyl (C=O) groups is 2. The first-order valence-electron chi connectivity index (χ1n) is 8.13. The first kappa shape index (κ1) is 17.4. The van der Waals surface area contributed by atoms with E-state index in [4.69, 9.17) is 4.74 Å². The Balaban J connectivity index is 1.70. The number of anilines is 2. The molecule has 9 heteroatoms. The molecule has 1 aromatic rings. The fraction of sp³-hybridized carbons (Fsp3) is 0.500. The van der Waals surface area contributed by atoms with Crippen molar-refractivity contribution in [3.8, 4) is 0 Å². The molecular weight excluding hydrogens is 334 g/mol. The number of rotatable bonds is 4. The summed E-state index contributed by atoms with van der Waals surface area (Å²) in [5, 5.41) is 5.48. The van der Waals surface area contributed by atoms with Crippen LogP contribution in [0.1, 0.15) is 6.92 Å². The van der Waals surface area contributed by atoms with Crippen LogP contribution in [0.2, 0.25) is 0 Å². The minimum Gasteiger partial charge on any atom is -0.423 e. The van der Waals surface area contributed by atoms with E-state index in [0.717, 1.165) is 20.0 Å². The second-order valence-electron chi connectivity index (χ2n) is 5.98. The molecule has 0 bridgehead atoms. The van der Waals surface area contributed by atoms with Gasteiger partial charge in [0.15, 0.2) is 12.4 Å². The van der Waals surface area contributed by atoms with Gasteiger partial charge in [-0.15, -0.1) is 0 Å². The number of cyclic esters (lactones) is 1. The molecule has 1 aromatic carbocycles. The number of benzene rings is 1. The van der Waals surface area contributed by atoms with Crippen molar-refractivity contribution in [2.75, 3.05) is 42.5 Å². The van der Waals surface area contributed by atoms with Gasteiger partial charge in [-0.2, -0.15) is 0 Å². The predicted octanol–water partition coefficient (Wildman–Crippen LogP) is 0.992. The van der Waals surface area contributed by atoms with E-state index in [-0.39, 0.29) is 6.54 Å². The second kappa shape index (κ2) is 7.22. The maximum Gasteiger partial charge on any atom is 0.416 e. The molecule has 2 fully saturated rings.